The van der Waals surface area contributed by atoms with Gasteiger partial charge in [-0.25, -0.2) is 0 Å². The predicted molar refractivity (Wildman–Crippen MR) is 140 cm³/mol. The van der Waals surface area contributed by atoms with Crippen LogP contribution in [0.25, 0.3) is 6.08 Å². The van der Waals surface area contributed by atoms with E-state index in [1.54, 1.807) is 4.90 Å². The minimum atomic E-state index is -0.125. The van der Waals surface area contributed by atoms with Gasteiger partial charge in [-0.05, 0) is 76.7 Å². The zero-order valence-electron chi connectivity index (χ0n) is 15.5. The number of halogens is 2. The molecule has 1 aliphatic rings. The van der Waals surface area contributed by atoms with Crippen molar-refractivity contribution in [2.75, 3.05) is 4.90 Å². The van der Waals surface area contributed by atoms with Crippen molar-refractivity contribution in [2.24, 2.45) is 0 Å². The number of para-hydroxylation sites is 1. The molecule has 0 aromatic heterocycles. The summed E-state index contributed by atoms with van der Waals surface area (Å²) in [5.74, 6) is 0.585. The number of amides is 1. The van der Waals surface area contributed by atoms with Crippen molar-refractivity contribution in [2.45, 2.75) is 6.61 Å². The van der Waals surface area contributed by atoms with Crippen LogP contribution in [0.1, 0.15) is 11.1 Å². The highest BCUT2D eigenvalue weighted by Crippen LogP contribution is 2.37. The molecule has 3 nitrogen and oxygen atoms in total. The van der Waals surface area contributed by atoms with Crippen LogP contribution in [-0.2, 0) is 11.4 Å². The molecule has 1 aliphatic heterocycles. The molecule has 1 saturated heterocycles. The number of hydrogen-bond donors (Lipinski definition) is 0. The molecule has 3 aromatic rings. The molecule has 7 heteroatoms. The van der Waals surface area contributed by atoms with Crippen LogP contribution in [0, 0.1) is 3.57 Å². The topological polar surface area (TPSA) is 29.5 Å². The van der Waals surface area contributed by atoms with Gasteiger partial charge in [-0.2, -0.15) is 0 Å². The van der Waals surface area contributed by atoms with Gasteiger partial charge in [0.25, 0.3) is 5.91 Å². The first-order chi connectivity index (χ1) is 14.5. The quantitative estimate of drug-likeness (QED) is 0.177. The number of thioether (sulfide) groups is 1. The molecule has 0 spiro atoms. The van der Waals surface area contributed by atoms with Crippen molar-refractivity contribution in [3.05, 3.63) is 96.9 Å². The molecular weight excluding hydrogens is 593 g/mol. The zero-order chi connectivity index (χ0) is 21.1. The number of carbonyl (C=O) groups is 1. The third-order valence-corrected chi connectivity index (χ3v) is 6.89. The van der Waals surface area contributed by atoms with Crippen molar-refractivity contribution in [3.63, 3.8) is 0 Å². The number of nitrogens with zero attached hydrogens (tertiary/aromatic N) is 1. The highest BCUT2D eigenvalue weighted by atomic mass is 127. The second kappa shape index (κ2) is 9.64. The summed E-state index contributed by atoms with van der Waals surface area (Å²) in [6.07, 6.45) is 1.84. The molecule has 0 unspecified atom stereocenters. The smallest absolute Gasteiger partial charge is 0.270 e. The SMILES string of the molecule is O=C1/C(=C\c2cc(Br)ccc2OCc2ccc(I)cc2)SC(=S)N1c1ccccc1. The highest BCUT2D eigenvalue weighted by Gasteiger charge is 2.33. The Labute approximate surface area is 206 Å². The van der Waals surface area contributed by atoms with Crippen molar-refractivity contribution >= 4 is 84.5 Å². The Morgan fingerprint density at radius 3 is 2.53 bits per heavy atom. The molecule has 1 amide bonds. The van der Waals surface area contributed by atoms with Gasteiger partial charge in [0.05, 0.1) is 10.6 Å². The second-order valence-corrected chi connectivity index (χ2v) is 10.3. The summed E-state index contributed by atoms with van der Waals surface area (Å²) in [6.45, 7) is 0.449. The summed E-state index contributed by atoms with van der Waals surface area (Å²) in [7, 11) is 0. The lowest BCUT2D eigenvalue weighted by atomic mass is 10.1. The van der Waals surface area contributed by atoms with E-state index in [4.69, 9.17) is 17.0 Å². The van der Waals surface area contributed by atoms with E-state index in [9.17, 15) is 4.79 Å². The van der Waals surface area contributed by atoms with E-state index in [1.807, 2.05) is 66.7 Å². The van der Waals surface area contributed by atoms with Crippen molar-refractivity contribution in [1.82, 2.24) is 0 Å². The van der Waals surface area contributed by atoms with Crippen LogP contribution in [0.3, 0.4) is 0 Å². The van der Waals surface area contributed by atoms with Gasteiger partial charge in [0.2, 0.25) is 0 Å². The number of carbonyl (C=O) groups excluding carboxylic acids is 1. The van der Waals surface area contributed by atoms with Crippen LogP contribution in [-0.4, -0.2) is 10.2 Å². The molecular formula is C23H15BrINO2S2. The molecule has 1 heterocycles. The lowest BCUT2D eigenvalue weighted by molar-refractivity contribution is -0.113. The van der Waals surface area contributed by atoms with E-state index in [-0.39, 0.29) is 5.91 Å². The average Bonchev–Trinajstić information content (AvgIpc) is 3.02. The Balaban J connectivity index is 1.60. The molecule has 0 N–H and O–H groups in total. The van der Waals surface area contributed by atoms with Gasteiger partial charge in [-0.3, -0.25) is 9.69 Å². The number of thiocarbonyl (C=S) groups is 1. The number of ether oxygens (including phenoxy) is 1. The molecule has 3 aromatic carbocycles. The van der Waals surface area contributed by atoms with Crippen LogP contribution in [0.2, 0.25) is 0 Å². The predicted octanol–water partition coefficient (Wildman–Crippen LogP) is 7.04. The third-order valence-electron chi connectivity index (χ3n) is 4.37. The fraction of sp³-hybridized carbons (Fsp3) is 0.0435. The summed E-state index contributed by atoms with van der Waals surface area (Å²) in [5, 5.41) is 0. The summed E-state index contributed by atoms with van der Waals surface area (Å²) >= 11 is 12.6. The number of anilines is 1. The number of rotatable bonds is 5. The van der Waals surface area contributed by atoms with Crippen molar-refractivity contribution in [3.8, 4) is 5.75 Å². The summed E-state index contributed by atoms with van der Waals surface area (Å²) in [5.41, 5.74) is 2.68. The number of benzene rings is 3. The van der Waals surface area contributed by atoms with Gasteiger partial charge in [0, 0.05) is 13.6 Å². The molecule has 0 saturated carbocycles. The highest BCUT2D eigenvalue weighted by molar-refractivity contribution is 14.1. The lowest BCUT2D eigenvalue weighted by Gasteiger charge is -2.14. The summed E-state index contributed by atoms with van der Waals surface area (Å²) < 4.78 is 8.68. The maximum Gasteiger partial charge on any atom is 0.270 e. The summed E-state index contributed by atoms with van der Waals surface area (Å²) in [4.78, 5) is 15.2. The van der Waals surface area contributed by atoms with E-state index in [2.05, 4.69) is 50.7 Å². The third kappa shape index (κ3) is 4.96. The molecule has 0 radical (unpaired) electrons. The fourth-order valence-corrected chi connectivity index (χ4v) is 4.94. The van der Waals surface area contributed by atoms with Crippen LogP contribution in [0.15, 0.2) is 82.2 Å². The molecule has 150 valence electrons. The number of hydrogen-bond acceptors (Lipinski definition) is 4. The standard InChI is InChI=1S/C23H15BrINO2S2/c24-17-8-11-20(28-14-15-6-9-18(25)10-7-15)16(12-17)13-21-22(27)26(23(29)30-21)19-4-2-1-3-5-19/h1-13H,14H2/b21-13+. The van der Waals surface area contributed by atoms with Crippen LogP contribution >= 0.6 is 62.5 Å². The Kier molecular flexibility index (Phi) is 6.92. The van der Waals surface area contributed by atoms with Gasteiger partial charge in [0.15, 0.2) is 4.32 Å². The first-order valence-electron chi connectivity index (χ1n) is 9.01. The molecule has 4 rings (SSSR count). The minimum Gasteiger partial charge on any atom is -0.488 e. The fourth-order valence-electron chi connectivity index (χ4n) is 2.91. The average molecular weight is 608 g/mol. The van der Waals surface area contributed by atoms with Gasteiger partial charge in [-0.1, -0.05) is 70.2 Å². The van der Waals surface area contributed by atoms with Crippen LogP contribution < -0.4 is 9.64 Å². The minimum absolute atomic E-state index is 0.125. The van der Waals surface area contributed by atoms with E-state index in [1.165, 1.54) is 15.3 Å². The molecule has 0 bridgehead atoms. The van der Waals surface area contributed by atoms with Crippen LogP contribution in [0.5, 0.6) is 5.75 Å². The molecule has 1 fully saturated rings. The van der Waals surface area contributed by atoms with E-state index in [0.717, 1.165) is 21.3 Å². The summed E-state index contributed by atoms with van der Waals surface area (Å²) in [6, 6.07) is 23.4. The van der Waals surface area contributed by atoms with Gasteiger partial charge >= 0.3 is 0 Å². The maximum atomic E-state index is 13.0. The molecule has 0 aliphatic carbocycles. The van der Waals surface area contributed by atoms with Crippen molar-refractivity contribution < 1.29 is 9.53 Å². The Hall–Kier alpha value is -1.68. The lowest BCUT2D eigenvalue weighted by Crippen LogP contribution is -2.27. The van der Waals surface area contributed by atoms with E-state index >= 15 is 0 Å². The monoisotopic (exact) mass is 607 g/mol. The largest absolute Gasteiger partial charge is 0.488 e. The van der Waals surface area contributed by atoms with Gasteiger partial charge in [-0.15, -0.1) is 0 Å². The maximum absolute atomic E-state index is 13.0. The van der Waals surface area contributed by atoms with E-state index < -0.39 is 0 Å². The van der Waals surface area contributed by atoms with Gasteiger partial charge < -0.3 is 4.74 Å². The second-order valence-electron chi connectivity index (χ2n) is 6.45. The van der Waals surface area contributed by atoms with Gasteiger partial charge in [0.1, 0.15) is 12.4 Å². The molecule has 30 heavy (non-hydrogen) atoms. The normalized spacial score (nSPS) is 15.1. The first-order valence-corrected chi connectivity index (χ1v) is 12.1. The van der Waals surface area contributed by atoms with Crippen LogP contribution in [0.4, 0.5) is 5.69 Å². The zero-order valence-corrected chi connectivity index (χ0v) is 20.9. The Bertz CT molecular complexity index is 1130. The first kappa shape index (κ1) is 21.5. The van der Waals surface area contributed by atoms with Crippen molar-refractivity contribution in [1.29, 1.82) is 0 Å². The Morgan fingerprint density at radius 2 is 1.80 bits per heavy atom. The Morgan fingerprint density at radius 1 is 1.07 bits per heavy atom. The molecule has 0 atom stereocenters. The van der Waals surface area contributed by atoms with E-state index in [0.29, 0.717) is 21.6 Å².